The third kappa shape index (κ3) is 3.10. The summed E-state index contributed by atoms with van der Waals surface area (Å²) < 4.78 is 0. The zero-order valence-electron chi connectivity index (χ0n) is 15.9. The van der Waals surface area contributed by atoms with Crippen LogP contribution in [0.5, 0.6) is 0 Å². The van der Waals surface area contributed by atoms with Gasteiger partial charge in [-0.2, -0.15) is 0 Å². The van der Waals surface area contributed by atoms with Crippen LogP contribution in [0.1, 0.15) is 0 Å². The second kappa shape index (κ2) is 6.75. The number of hydrogen-bond donors (Lipinski definition) is 3. The molecular weight excluding hydrogens is 390 g/mol. The van der Waals surface area contributed by atoms with E-state index in [-0.39, 0.29) is 5.56 Å². The molecule has 8 nitrogen and oxygen atoms in total. The molecule has 0 aliphatic carbocycles. The van der Waals surface area contributed by atoms with Crippen molar-refractivity contribution in [2.24, 2.45) is 0 Å². The fraction of sp³-hybridized carbons (Fsp3) is 0.250. The summed E-state index contributed by atoms with van der Waals surface area (Å²) in [5, 5.41) is 1.23. The van der Waals surface area contributed by atoms with Crippen molar-refractivity contribution in [3.63, 3.8) is 0 Å². The lowest BCUT2D eigenvalue weighted by molar-refractivity contribution is 0.312. The van der Waals surface area contributed by atoms with Crippen molar-refractivity contribution in [1.82, 2.24) is 24.8 Å². The zero-order chi connectivity index (χ0) is 20.1. The molecule has 5 rings (SSSR count). The number of halogens is 1. The number of nitrogen functional groups attached to an aromatic ring is 1. The van der Waals surface area contributed by atoms with Gasteiger partial charge in [0.2, 0.25) is 0 Å². The Morgan fingerprint density at radius 3 is 2.59 bits per heavy atom. The molecule has 29 heavy (non-hydrogen) atoms. The molecule has 1 aliphatic rings. The number of anilines is 2. The Morgan fingerprint density at radius 2 is 1.79 bits per heavy atom. The van der Waals surface area contributed by atoms with E-state index in [2.05, 4.69) is 31.8 Å². The Labute approximate surface area is 171 Å². The van der Waals surface area contributed by atoms with Gasteiger partial charge >= 0.3 is 0 Å². The van der Waals surface area contributed by atoms with Crippen LogP contribution in [-0.4, -0.2) is 58.1 Å². The van der Waals surface area contributed by atoms with Gasteiger partial charge < -0.3 is 25.5 Å². The second-order valence-corrected chi connectivity index (χ2v) is 7.79. The fourth-order valence-electron chi connectivity index (χ4n) is 3.74. The molecule has 9 heteroatoms. The normalized spacial score (nSPS) is 15.4. The molecule has 1 aliphatic heterocycles. The molecule has 1 aromatic carbocycles. The number of H-pyrrole nitrogens is 2. The lowest BCUT2D eigenvalue weighted by Crippen LogP contribution is -2.44. The quantitative estimate of drug-likeness (QED) is 0.469. The first-order valence-electron chi connectivity index (χ1n) is 9.41. The molecule has 0 amide bonds. The third-order valence-corrected chi connectivity index (χ3v) is 5.65. The van der Waals surface area contributed by atoms with Gasteiger partial charge in [-0.25, -0.2) is 9.97 Å². The highest BCUT2D eigenvalue weighted by Crippen LogP contribution is 2.30. The number of benzene rings is 1. The number of nitrogens with two attached hydrogens (primary N) is 1. The maximum absolute atomic E-state index is 12.7. The van der Waals surface area contributed by atoms with Crippen LogP contribution >= 0.6 is 11.6 Å². The minimum atomic E-state index is -0.310. The van der Waals surface area contributed by atoms with E-state index < -0.39 is 0 Å². The number of nitrogens with one attached hydrogen (secondary N) is 2. The summed E-state index contributed by atoms with van der Waals surface area (Å²) >= 11 is 6.10. The summed E-state index contributed by atoms with van der Waals surface area (Å²) in [5.74, 6) is 1.28. The van der Waals surface area contributed by atoms with E-state index in [1.807, 2.05) is 12.1 Å². The third-order valence-electron chi connectivity index (χ3n) is 5.41. The summed E-state index contributed by atoms with van der Waals surface area (Å²) in [6.07, 6.45) is 0. The number of imidazole rings is 1. The van der Waals surface area contributed by atoms with E-state index in [1.165, 1.54) is 0 Å². The topological polar surface area (TPSA) is 107 Å². The van der Waals surface area contributed by atoms with Gasteiger partial charge in [-0.1, -0.05) is 11.6 Å². The number of likely N-dealkylation sites (N-methyl/N-ethyl adjacent to an activating group) is 1. The maximum atomic E-state index is 12.7. The SMILES string of the molecule is CN1CCN(c2ccc3[nH]c(-c4c(N)c5cc(Cl)ccc5[nH]c4=O)nc3n2)CC1. The van der Waals surface area contributed by atoms with Crippen molar-refractivity contribution >= 4 is 45.2 Å². The summed E-state index contributed by atoms with van der Waals surface area (Å²) in [6, 6.07) is 9.10. The highest BCUT2D eigenvalue weighted by molar-refractivity contribution is 6.31. The van der Waals surface area contributed by atoms with E-state index >= 15 is 0 Å². The number of rotatable bonds is 2. The average molecular weight is 410 g/mol. The summed E-state index contributed by atoms with van der Waals surface area (Å²) in [4.78, 5) is 32.5. The van der Waals surface area contributed by atoms with E-state index in [9.17, 15) is 4.79 Å². The predicted octanol–water partition coefficient (Wildman–Crippen LogP) is 2.45. The van der Waals surface area contributed by atoms with Gasteiger partial charge in [0.25, 0.3) is 5.56 Å². The van der Waals surface area contributed by atoms with Crippen molar-refractivity contribution in [3.05, 3.63) is 45.7 Å². The molecule has 0 unspecified atom stereocenters. The molecule has 0 atom stereocenters. The first-order valence-corrected chi connectivity index (χ1v) is 9.79. The summed E-state index contributed by atoms with van der Waals surface area (Å²) in [7, 11) is 2.12. The number of piperazine rings is 1. The van der Waals surface area contributed by atoms with Crippen LogP contribution in [-0.2, 0) is 0 Å². The second-order valence-electron chi connectivity index (χ2n) is 7.35. The average Bonchev–Trinajstić information content (AvgIpc) is 3.12. The van der Waals surface area contributed by atoms with Gasteiger partial charge in [0, 0.05) is 36.6 Å². The van der Waals surface area contributed by atoms with Crippen molar-refractivity contribution in [1.29, 1.82) is 0 Å². The van der Waals surface area contributed by atoms with Crippen molar-refractivity contribution < 1.29 is 0 Å². The van der Waals surface area contributed by atoms with Crippen molar-refractivity contribution in [2.45, 2.75) is 0 Å². The van der Waals surface area contributed by atoms with Gasteiger partial charge in [0.15, 0.2) is 5.65 Å². The highest BCUT2D eigenvalue weighted by Gasteiger charge is 2.19. The van der Waals surface area contributed by atoms with E-state index in [4.69, 9.17) is 22.3 Å². The number of aromatic amines is 2. The molecule has 1 fully saturated rings. The first-order chi connectivity index (χ1) is 14.0. The van der Waals surface area contributed by atoms with E-state index in [1.54, 1.807) is 18.2 Å². The minimum Gasteiger partial charge on any atom is -0.397 e. The van der Waals surface area contributed by atoms with Crippen LogP contribution < -0.4 is 16.2 Å². The summed E-state index contributed by atoms with van der Waals surface area (Å²) in [6.45, 7) is 3.84. The Morgan fingerprint density at radius 1 is 1.03 bits per heavy atom. The number of fused-ring (bicyclic) bond motifs is 2. The zero-order valence-corrected chi connectivity index (χ0v) is 16.6. The largest absolute Gasteiger partial charge is 0.397 e. The van der Waals surface area contributed by atoms with E-state index in [0.29, 0.717) is 38.6 Å². The smallest absolute Gasteiger partial charge is 0.261 e. The van der Waals surface area contributed by atoms with Crippen LogP contribution in [0, 0.1) is 0 Å². The van der Waals surface area contributed by atoms with Crippen LogP contribution in [0.4, 0.5) is 11.5 Å². The minimum absolute atomic E-state index is 0.291. The Balaban J connectivity index is 1.60. The molecule has 1 saturated heterocycles. The van der Waals surface area contributed by atoms with Crippen molar-refractivity contribution in [2.75, 3.05) is 43.9 Å². The Hall–Kier alpha value is -3.10. The molecule has 0 saturated carbocycles. The van der Waals surface area contributed by atoms with Gasteiger partial charge in [-0.15, -0.1) is 0 Å². The molecule has 148 valence electrons. The van der Waals surface area contributed by atoms with Crippen molar-refractivity contribution in [3.8, 4) is 11.4 Å². The lowest BCUT2D eigenvalue weighted by atomic mass is 10.1. The number of aromatic nitrogens is 4. The number of nitrogens with zero attached hydrogens (tertiary/aromatic N) is 4. The summed E-state index contributed by atoms with van der Waals surface area (Å²) in [5.41, 5.74) is 8.59. The van der Waals surface area contributed by atoms with Gasteiger partial charge in [0.05, 0.1) is 16.7 Å². The predicted molar refractivity (Wildman–Crippen MR) is 117 cm³/mol. The standard InChI is InChI=1S/C20H20ClN7O/c1-27-6-8-28(9-7-27)15-5-4-14-18(25-15)26-19(23-14)16-17(22)12-10-11(21)2-3-13(12)24-20(16)29/h2-5,10H,6-9H2,1H3,(H3,22,24,29)(H,23,25,26). The highest BCUT2D eigenvalue weighted by atomic mass is 35.5. The maximum Gasteiger partial charge on any atom is 0.261 e. The molecule has 0 spiro atoms. The van der Waals surface area contributed by atoms with Crippen LogP contribution in [0.15, 0.2) is 35.1 Å². The molecule has 0 bridgehead atoms. The van der Waals surface area contributed by atoms with Gasteiger partial charge in [-0.05, 0) is 37.4 Å². The molecule has 3 aromatic heterocycles. The first kappa shape index (κ1) is 18.0. The van der Waals surface area contributed by atoms with E-state index in [0.717, 1.165) is 37.5 Å². The fourth-order valence-corrected chi connectivity index (χ4v) is 3.91. The van der Waals surface area contributed by atoms with Gasteiger partial charge in [-0.3, -0.25) is 4.79 Å². The molecule has 4 heterocycles. The molecule has 0 radical (unpaired) electrons. The van der Waals surface area contributed by atoms with Crippen LogP contribution in [0.3, 0.4) is 0 Å². The van der Waals surface area contributed by atoms with Crippen LogP contribution in [0.2, 0.25) is 5.02 Å². The number of pyridine rings is 2. The number of hydrogen-bond acceptors (Lipinski definition) is 6. The molecular formula is C20H20ClN7O. The lowest BCUT2D eigenvalue weighted by Gasteiger charge is -2.33. The van der Waals surface area contributed by atoms with Crippen LogP contribution in [0.25, 0.3) is 33.5 Å². The Bertz CT molecular complexity index is 1290. The van der Waals surface area contributed by atoms with Gasteiger partial charge in [0.1, 0.15) is 17.2 Å². The molecule has 4 aromatic rings. The Kier molecular flexibility index (Phi) is 4.18. The monoisotopic (exact) mass is 409 g/mol. The molecule has 4 N–H and O–H groups in total.